The molecule has 0 aromatic carbocycles. The third kappa shape index (κ3) is 2.46. The quantitative estimate of drug-likeness (QED) is 0.787. The molecule has 3 rings (SSSR count). The van der Waals surface area contributed by atoms with Gasteiger partial charge in [0.1, 0.15) is 0 Å². The van der Waals surface area contributed by atoms with E-state index in [4.69, 9.17) is 0 Å². The number of hydrogen-bond acceptors (Lipinski definition) is 3. The van der Waals surface area contributed by atoms with Crippen molar-refractivity contribution in [3.63, 3.8) is 0 Å². The van der Waals surface area contributed by atoms with Crippen LogP contribution in [0.5, 0.6) is 0 Å². The van der Waals surface area contributed by atoms with Gasteiger partial charge in [0.15, 0.2) is 0 Å². The molecule has 3 heterocycles. The fourth-order valence-corrected chi connectivity index (χ4v) is 3.84. The van der Waals surface area contributed by atoms with Crippen molar-refractivity contribution in [1.82, 2.24) is 20.0 Å². The lowest BCUT2D eigenvalue weighted by atomic mass is 9.89. The predicted octanol–water partition coefficient (Wildman–Crippen LogP) is 0.426. The number of likely N-dealkylation sites (N-methyl/N-ethyl adjacent to an activating group) is 1. The first-order chi connectivity index (χ1) is 9.16. The third-order valence-corrected chi connectivity index (χ3v) is 5.21. The second-order valence-corrected chi connectivity index (χ2v) is 6.40. The van der Waals surface area contributed by atoms with Gasteiger partial charge in [-0.1, -0.05) is 0 Å². The van der Waals surface area contributed by atoms with Crippen molar-refractivity contribution in [2.75, 3.05) is 46.8 Å². The van der Waals surface area contributed by atoms with E-state index in [1.54, 1.807) is 0 Å². The summed E-state index contributed by atoms with van der Waals surface area (Å²) in [6.45, 7) is 5.31. The van der Waals surface area contributed by atoms with Gasteiger partial charge < -0.3 is 20.0 Å². The highest BCUT2D eigenvalue weighted by molar-refractivity contribution is 5.77. The van der Waals surface area contributed by atoms with E-state index in [0.717, 1.165) is 26.1 Å². The molecule has 0 aliphatic carbocycles. The highest BCUT2D eigenvalue weighted by atomic mass is 16.2. The molecule has 5 nitrogen and oxygen atoms in total. The lowest BCUT2D eigenvalue weighted by molar-refractivity contribution is 0.150. The van der Waals surface area contributed by atoms with E-state index < -0.39 is 0 Å². The summed E-state index contributed by atoms with van der Waals surface area (Å²) < 4.78 is 0. The molecule has 108 valence electrons. The van der Waals surface area contributed by atoms with Crippen LogP contribution in [0.25, 0.3) is 0 Å². The Labute approximate surface area is 115 Å². The van der Waals surface area contributed by atoms with E-state index >= 15 is 0 Å². The van der Waals surface area contributed by atoms with Crippen LogP contribution in [0.15, 0.2) is 0 Å². The molecule has 3 aliphatic heterocycles. The zero-order chi connectivity index (χ0) is 13.4. The SMILES string of the molecule is CN1CCC(C2CN(C3CCNC3)C(=O)N2C)CC1. The topological polar surface area (TPSA) is 38.8 Å². The molecule has 2 unspecified atom stereocenters. The molecule has 0 radical (unpaired) electrons. The van der Waals surface area contributed by atoms with E-state index in [1.807, 2.05) is 11.9 Å². The summed E-state index contributed by atoms with van der Waals surface area (Å²) >= 11 is 0. The van der Waals surface area contributed by atoms with Crippen molar-refractivity contribution < 1.29 is 4.79 Å². The van der Waals surface area contributed by atoms with Crippen molar-refractivity contribution in [2.24, 2.45) is 5.92 Å². The highest BCUT2D eigenvalue weighted by Gasteiger charge is 2.42. The molecular formula is C14H26N4O. The number of nitrogens with one attached hydrogen (secondary N) is 1. The Morgan fingerprint density at radius 3 is 2.53 bits per heavy atom. The van der Waals surface area contributed by atoms with Gasteiger partial charge >= 0.3 is 6.03 Å². The summed E-state index contributed by atoms with van der Waals surface area (Å²) in [4.78, 5) is 18.9. The van der Waals surface area contributed by atoms with E-state index in [0.29, 0.717) is 18.0 Å². The van der Waals surface area contributed by atoms with Gasteiger partial charge in [-0.15, -0.1) is 0 Å². The summed E-state index contributed by atoms with van der Waals surface area (Å²) in [5, 5.41) is 3.37. The number of carbonyl (C=O) groups is 1. The number of nitrogens with zero attached hydrogens (tertiary/aromatic N) is 3. The molecule has 1 N–H and O–H groups in total. The van der Waals surface area contributed by atoms with Gasteiger partial charge in [-0.25, -0.2) is 4.79 Å². The zero-order valence-corrected chi connectivity index (χ0v) is 12.1. The minimum Gasteiger partial charge on any atom is -0.323 e. The fraction of sp³-hybridized carbons (Fsp3) is 0.929. The van der Waals surface area contributed by atoms with Crippen LogP contribution in [0.3, 0.4) is 0 Å². The molecule has 19 heavy (non-hydrogen) atoms. The van der Waals surface area contributed by atoms with Crippen molar-refractivity contribution in [1.29, 1.82) is 0 Å². The normalized spacial score (nSPS) is 34.5. The van der Waals surface area contributed by atoms with Crippen molar-refractivity contribution >= 4 is 6.03 Å². The van der Waals surface area contributed by atoms with E-state index in [9.17, 15) is 4.79 Å². The summed E-state index contributed by atoms with van der Waals surface area (Å²) in [7, 11) is 4.18. The Hall–Kier alpha value is -0.810. The molecule has 3 saturated heterocycles. The van der Waals surface area contributed by atoms with Crippen LogP contribution in [0.2, 0.25) is 0 Å². The molecule has 0 bridgehead atoms. The second-order valence-electron chi connectivity index (χ2n) is 6.40. The number of hydrogen-bond donors (Lipinski definition) is 1. The standard InChI is InChI=1S/C14H26N4O/c1-16-7-4-11(5-8-16)13-10-18(14(19)17(13)2)12-3-6-15-9-12/h11-13,15H,3-10H2,1-2H3. The molecule has 0 spiro atoms. The maximum atomic E-state index is 12.4. The van der Waals surface area contributed by atoms with Crippen molar-refractivity contribution in [2.45, 2.75) is 31.3 Å². The number of rotatable bonds is 2. The number of carbonyl (C=O) groups excluding carboxylic acids is 1. The maximum Gasteiger partial charge on any atom is 0.320 e. The van der Waals surface area contributed by atoms with Crippen molar-refractivity contribution in [3.8, 4) is 0 Å². The number of likely N-dealkylation sites (tertiary alicyclic amines) is 1. The summed E-state index contributed by atoms with van der Waals surface area (Å²) in [6, 6.07) is 1.10. The van der Waals surface area contributed by atoms with Crippen LogP contribution in [0, 0.1) is 5.92 Å². The van der Waals surface area contributed by atoms with Crippen LogP contribution in [-0.4, -0.2) is 79.6 Å². The van der Waals surface area contributed by atoms with Gasteiger partial charge in [0.05, 0.1) is 6.04 Å². The average Bonchev–Trinajstić information content (AvgIpc) is 3.02. The Balaban J connectivity index is 1.65. The Morgan fingerprint density at radius 2 is 1.89 bits per heavy atom. The number of piperidine rings is 1. The van der Waals surface area contributed by atoms with Gasteiger partial charge in [-0.2, -0.15) is 0 Å². The fourth-order valence-electron chi connectivity index (χ4n) is 3.84. The van der Waals surface area contributed by atoms with Gasteiger partial charge in [0.25, 0.3) is 0 Å². The Morgan fingerprint density at radius 1 is 1.16 bits per heavy atom. The van der Waals surface area contributed by atoms with E-state index in [2.05, 4.69) is 22.2 Å². The lowest BCUT2D eigenvalue weighted by Crippen LogP contribution is -2.42. The summed E-state index contributed by atoms with van der Waals surface area (Å²) in [5.74, 6) is 0.685. The highest BCUT2D eigenvalue weighted by Crippen LogP contribution is 2.30. The van der Waals surface area contributed by atoms with Crippen LogP contribution in [0.4, 0.5) is 4.79 Å². The molecule has 0 aromatic heterocycles. The maximum absolute atomic E-state index is 12.4. The number of amides is 2. The summed E-state index contributed by atoms with van der Waals surface area (Å²) in [5.41, 5.74) is 0. The number of urea groups is 1. The van der Waals surface area contributed by atoms with Crippen LogP contribution in [-0.2, 0) is 0 Å². The average molecular weight is 266 g/mol. The van der Waals surface area contributed by atoms with Gasteiger partial charge in [0, 0.05) is 26.2 Å². The molecule has 2 atom stereocenters. The minimum atomic E-state index is 0.248. The Bertz CT molecular complexity index is 334. The minimum absolute atomic E-state index is 0.248. The molecule has 0 saturated carbocycles. The van der Waals surface area contributed by atoms with Gasteiger partial charge in [-0.05, 0) is 51.9 Å². The van der Waals surface area contributed by atoms with Crippen LogP contribution in [0.1, 0.15) is 19.3 Å². The first kappa shape index (κ1) is 13.2. The monoisotopic (exact) mass is 266 g/mol. The van der Waals surface area contributed by atoms with Crippen LogP contribution < -0.4 is 5.32 Å². The molecule has 2 amide bonds. The smallest absolute Gasteiger partial charge is 0.320 e. The largest absolute Gasteiger partial charge is 0.323 e. The van der Waals surface area contributed by atoms with Crippen LogP contribution >= 0.6 is 0 Å². The summed E-state index contributed by atoms with van der Waals surface area (Å²) in [6.07, 6.45) is 3.57. The molecular weight excluding hydrogens is 240 g/mol. The second kappa shape index (κ2) is 5.29. The molecule has 5 heteroatoms. The van der Waals surface area contributed by atoms with E-state index in [-0.39, 0.29) is 6.03 Å². The molecule has 3 fully saturated rings. The molecule has 0 aromatic rings. The lowest BCUT2D eigenvalue weighted by Gasteiger charge is -2.34. The first-order valence-corrected chi connectivity index (χ1v) is 7.59. The molecule has 3 aliphatic rings. The predicted molar refractivity (Wildman–Crippen MR) is 75.1 cm³/mol. The Kier molecular flexibility index (Phi) is 3.67. The van der Waals surface area contributed by atoms with Gasteiger partial charge in [0.2, 0.25) is 0 Å². The first-order valence-electron chi connectivity index (χ1n) is 7.59. The van der Waals surface area contributed by atoms with Crippen molar-refractivity contribution in [3.05, 3.63) is 0 Å². The van der Waals surface area contributed by atoms with E-state index in [1.165, 1.54) is 25.9 Å². The van der Waals surface area contributed by atoms with Gasteiger partial charge in [-0.3, -0.25) is 0 Å². The third-order valence-electron chi connectivity index (χ3n) is 5.21. The zero-order valence-electron chi connectivity index (χ0n) is 12.1.